The summed E-state index contributed by atoms with van der Waals surface area (Å²) in [5.41, 5.74) is 5.08. The van der Waals surface area contributed by atoms with E-state index < -0.39 is 0 Å². The van der Waals surface area contributed by atoms with E-state index >= 15 is 0 Å². The number of rotatable bonds is 3. The van der Waals surface area contributed by atoms with Gasteiger partial charge >= 0.3 is 5.97 Å². The fourth-order valence-corrected chi connectivity index (χ4v) is 5.93. The van der Waals surface area contributed by atoms with Crippen molar-refractivity contribution in [2.75, 3.05) is 7.11 Å². The molecule has 0 N–H and O–H groups in total. The molecule has 1 saturated carbocycles. The minimum absolute atomic E-state index is 0.0832. The van der Waals surface area contributed by atoms with Gasteiger partial charge in [-0.2, -0.15) is 0 Å². The van der Waals surface area contributed by atoms with Crippen LogP contribution in [0.5, 0.6) is 0 Å². The Morgan fingerprint density at radius 1 is 0.893 bits per heavy atom. The van der Waals surface area contributed by atoms with Crippen LogP contribution in [0.25, 0.3) is 0 Å². The summed E-state index contributed by atoms with van der Waals surface area (Å²) in [7, 11) is 1.52. The van der Waals surface area contributed by atoms with E-state index in [2.05, 4.69) is 78.9 Å². The molecule has 1 fully saturated rings. The van der Waals surface area contributed by atoms with Crippen LogP contribution in [0.15, 0.2) is 84.9 Å². The van der Waals surface area contributed by atoms with E-state index in [1.165, 1.54) is 29.4 Å². The van der Waals surface area contributed by atoms with Crippen LogP contribution in [0.1, 0.15) is 40.5 Å². The molecule has 0 bridgehead atoms. The summed E-state index contributed by atoms with van der Waals surface area (Å²) in [6.07, 6.45) is 1.71. The van der Waals surface area contributed by atoms with Gasteiger partial charge in [-0.15, -0.1) is 0 Å². The van der Waals surface area contributed by atoms with Gasteiger partial charge in [-0.25, -0.2) is 0 Å². The number of esters is 1. The largest absolute Gasteiger partial charge is 0.469 e. The number of hydrogen-bond donors (Lipinski definition) is 0. The van der Waals surface area contributed by atoms with E-state index in [0.717, 1.165) is 12.8 Å². The molecule has 0 radical (unpaired) electrons. The second-order valence-electron chi connectivity index (χ2n) is 8.09. The second kappa shape index (κ2) is 6.63. The highest BCUT2D eigenvalue weighted by Crippen LogP contribution is 2.66. The lowest BCUT2D eigenvalue weighted by molar-refractivity contribution is -0.147. The number of fused-ring (bicyclic) bond motifs is 3. The van der Waals surface area contributed by atoms with Crippen LogP contribution in [0.2, 0.25) is 0 Å². The zero-order valence-corrected chi connectivity index (χ0v) is 16.0. The molecule has 3 aromatic carbocycles. The fraction of sp³-hybridized carbons (Fsp3) is 0.269. The standard InChI is InChI=1S/C26H24O2/c1-28-25(27)23-16-22(18-10-4-2-5-11-18)24-21-15-9-8-12-19(21)17-26(23,24)20-13-6-3-7-14-20/h2-15,22-24H,16-17H2,1H3/t22-,23+,24-,26-/m1/s1. The summed E-state index contributed by atoms with van der Waals surface area (Å²) in [6.45, 7) is 0. The average molecular weight is 368 g/mol. The molecule has 140 valence electrons. The van der Waals surface area contributed by atoms with Gasteiger partial charge in [0.25, 0.3) is 0 Å². The van der Waals surface area contributed by atoms with Crippen molar-refractivity contribution in [1.82, 2.24) is 0 Å². The van der Waals surface area contributed by atoms with Crippen LogP contribution in [0.4, 0.5) is 0 Å². The van der Waals surface area contributed by atoms with Crippen molar-refractivity contribution >= 4 is 5.97 Å². The molecule has 0 unspecified atom stereocenters. The van der Waals surface area contributed by atoms with Crippen LogP contribution in [-0.2, 0) is 21.4 Å². The molecule has 2 aliphatic rings. The average Bonchev–Trinajstić information content (AvgIpc) is 3.28. The smallest absolute Gasteiger partial charge is 0.309 e. The maximum absolute atomic E-state index is 13.0. The van der Waals surface area contributed by atoms with E-state index in [9.17, 15) is 4.79 Å². The van der Waals surface area contributed by atoms with E-state index in [4.69, 9.17) is 4.74 Å². The molecule has 4 atom stereocenters. The molecule has 0 spiro atoms. The van der Waals surface area contributed by atoms with Crippen molar-refractivity contribution in [3.8, 4) is 0 Å². The number of hydrogen-bond acceptors (Lipinski definition) is 2. The van der Waals surface area contributed by atoms with E-state index in [-0.39, 0.29) is 23.2 Å². The van der Waals surface area contributed by atoms with Crippen molar-refractivity contribution in [2.24, 2.45) is 5.92 Å². The zero-order chi connectivity index (χ0) is 19.1. The molecule has 0 amide bonds. The summed E-state index contributed by atoms with van der Waals surface area (Å²) in [5, 5.41) is 0. The first-order valence-corrected chi connectivity index (χ1v) is 10.0. The van der Waals surface area contributed by atoms with Crippen LogP contribution in [0, 0.1) is 5.92 Å². The molecular formula is C26H24O2. The predicted octanol–water partition coefficient (Wildman–Crippen LogP) is 5.24. The third kappa shape index (κ3) is 2.37. The highest BCUT2D eigenvalue weighted by molar-refractivity contribution is 5.77. The molecule has 0 aromatic heterocycles. The first kappa shape index (κ1) is 17.2. The molecular weight excluding hydrogens is 344 g/mol. The predicted molar refractivity (Wildman–Crippen MR) is 110 cm³/mol. The van der Waals surface area contributed by atoms with E-state index in [0.29, 0.717) is 5.92 Å². The van der Waals surface area contributed by atoms with Crippen molar-refractivity contribution < 1.29 is 9.53 Å². The first-order valence-electron chi connectivity index (χ1n) is 10.0. The van der Waals surface area contributed by atoms with Crippen LogP contribution in [-0.4, -0.2) is 13.1 Å². The summed E-state index contributed by atoms with van der Waals surface area (Å²) in [6, 6.07) is 30.1. The SMILES string of the molecule is COC(=O)[C@@H]1C[C@H](c2ccccc2)[C@H]2c3ccccc3C[C@]21c1ccccc1. The highest BCUT2D eigenvalue weighted by atomic mass is 16.5. The number of methoxy groups -OCH3 is 1. The normalized spacial score (nSPS) is 27.8. The molecule has 0 aliphatic heterocycles. The number of benzene rings is 3. The Morgan fingerprint density at radius 3 is 2.25 bits per heavy atom. The minimum atomic E-state index is -0.251. The number of carbonyl (C=O) groups is 1. The van der Waals surface area contributed by atoms with Gasteiger partial charge in [0.1, 0.15) is 0 Å². The highest BCUT2D eigenvalue weighted by Gasteiger charge is 2.62. The van der Waals surface area contributed by atoms with Gasteiger partial charge in [-0.3, -0.25) is 4.79 Å². The van der Waals surface area contributed by atoms with Crippen LogP contribution >= 0.6 is 0 Å². The monoisotopic (exact) mass is 368 g/mol. The zero-order valence-electron chi connectivity index (χ0n) is 16.0. The summed E-state index contributed by atoms with van der Waals surface area (Å²) < 4.78 is 5.33. The quantitative estimate of drug-likeness (QED) is 0.591. The van der Waals surface area contributed by atoms with Gasteiger partial charge in [0.05, 0.1) is 13.0 Å². The Morgan fingerprint density at radius 2 is 1.54 bits per heavy atom. The molecule has 28 heavy (non-hydrogen) atoms. The van der Waals surface area contributed by atoms with Crippen LogP contribution < -0.4 is 0 Å². The Labute approximate surface area is 166 Å². The third-order valence-electron chi connectivity index (χ3n) is 6.97. The Balaban J connectivity index is 1.76. The Kier molecular flexibility index (Phi) is 4.08. The summed E-state index contributed by atoms with van der Waals surface area (Å²) >= 11 is 0. The van der Waals surface area contributed by atoms with Crippen molar-refractivity contribution in [3.63, 3.8) is 0 Å². The molecule has 0 heterocycles. The van der Waals surface area contributed by atoms with Crippen molar-refractivity contribution in [3.05, 3.63) is 107 Å². The van der Waals surface area contributed by atoms with Gasteiger partial charge in [0, 0.05) is 11.3 Å². The molecule has 2 nitrogen and oxygen atoms in total. The maximum atomic E-state index is 13.0. The lowest BCUT2D eigenvalue weighted by atomic mass is 9.66. The van der Waals surface area contributed by atoms with Gasteiger partial charge in [-0.05, 0) is 41.0 Å². The molecule has 3 aromatic rings. The number of carbonyl (C=O) groups excluding carboxylic acids is 1. The topological polar surface area (TPSA) is 26.3 Å². The summed E-state index contributed by atoms with van der Waals surface area (Å²) in [5.74, 6) is 0.342. The second-order valence-corrected chi connectivity index (χ2v) is 8.09. The van der Waals surface area contributed by atoms with Gasteiger partial charge in [0.2, 0.25) is 0 Å². The minimum Gasteiger partial charge on any atom is -0.469 e. The summed E-state index contributed by atoms with van der Waals surface area (Å²) in [4.78, 5) is 13.0. The van der Waals surface area contributed by atoms with E-state index in [1.807, 2.05) is 6.07 Å². The Hall–Kier alpha value is -2.87. The van der Waals surface area contributed by atoms with Gasteiger partial charge in [0.15, 0.2) is 0 Å². The third-order valence-corrected chi connectivity index (χ3v) is 6.97. The molecule has 5 rings (SSSR count). The van der Waals surface area contributed by atoms with Crippen LogP contribution in [0.3, 0.4) is 0 Å². The van der Waals surface area contributed by atoms with E-state index in [1.54, 1.807) is 0 Å². The van der Waals surface area contributed by atoms with Crippen molar-refractivity contribution in [2.45, 2.75) is 30.1 Å². The molecule has 0 saturated heterocycles. The first-order chi connectivity index (χ1) is 13.8. The number of ether oxygens (including phenoxy) is 1. The fourth-order valence-electron chi connectivity index (χ4n) is 5.93. The Bertz CT molecular complexity index is 995. The lowest BCUT2D eigenvalue weighted by Gasteiger charge is -2.36. The molecule has 2 aliphatic carbocycles. The van der Waals surface area contributed by atoms with Gasteiger partial charge in [-0.1, -0.05) is 84.9 Å². The maximum Gasteiger partial charge on any atom is 0.309 e. The van der Waals surface area contributed by atoms with Crippen molar-refractivity contribution in [1.29, 1.82) is 0 Å². The van der Waals surface area contributed by atoms with Gasteiger partial charge < -0.3 is 4.74 Å². The lowest BCUT2D eigenvalue weighted by Crippen LogP contribution is -2.39. The molecule has 2 heteroatoms.